The molecule has 0 aliphatic carbocycles. The van der Waals surface area contributed by atoms with Crippen molar-refractivity contribution in [3.05, 3.63) is 87.7 Å². The third kappa shape index (κ3) is 4.51. The van der Waals surface area contributed by atoms with Crippen LogP contribution >= 0.6 is 12.2 Å². The molecular weight excluding hydrogens is 475 g/mol. The van der Waals surface area contributed by atoms with Gasteiger partial charge in [-0.2, -0.15) is 13.2 Å². The maximum Gasteiger partial charge on any atom is 0.416 e. The third-order valence-corrected chi connectivity index (χ3v) is 6.34. The molecule has 1 saturated heterocycles. The van der Waals surface area contributed by atoms with E-state index in [0.717, 1.165) is 45.2 Å². The van der Waals surface area contributed by atoms with Gasteiger partial charge in [0.25, 0.3) is 11.8 Å². The van der Waals surface area contributed by atoms with Crippen molar-refractivity contribution < 1.29 is 22.8 Å². The minimum Gasteiger partial charge on any atom is -0.318 e. The van der Waals surface area contributed by atoms with Crippen molar-refractivity contribution in [3.63, 3.8) is 0 Å². The molecule has 0 radical (unpaired) electrons. The summed E-state index contributed by atoms with van der Waals surface area (Å²) in [6.45, 7) is 7.83. The first-order chi connectivity index (χ1) is 16.4. The molecule has 2 amide bonds. The van der Waals surface area contributed by atoms with E-state index in [4.69, 9.17) is 12.2 Å². The second kappa shape index (κ2) is 8.81. The lowest BCUT2D eigenvalue weighted by atomic mass is 10.1. The van der Waals surface area contributed by atoms with E-state index in [2.05, 4.69) is 11.4 Å². The van der Waals surface area contributed by atoms with Gasteiger partial charge < -0.3 is 4.57 Å². The molecule has 1 fully saturated rings. The summed E-state index contributed by atoms with van der Waals surface area (Å²) in [5.74, 6) is -1.51. The van der Waals surface area contributed by atoms with Gasteiger partial charge in [0.1, 0.15) is 5.57 Å². The number of carbonyl (C=O) groups excluding carboxylic acids is 2. The molecule has 1 aliphatic heterocycles. The number of alkyl halides is 3. The molecule has 0 saturated carbocycles. The number of hydrogen-bond donors (Lipinski definition) is 1. The molecule has 3 aromatic rings. The van der Waals surface area contributed by atoms with Crippen molar-refractivity contribution in [2.24, 2.45) is 0 Å². The number of aryl methyl sites for hydroxylation is 3. The second-order valence-electron chi connectivity index (χ2n) is 8.44. The first-order valence-electron chi connectivity index (χ1n) is 10.7. The van der Waals surface area contributed by atoms with Gasteiger partial charge in [-0.25, -0.2) is 0 Å². The fraction of sp³-hybridized carbons (Fsp3) is 0.192. The van der Waals surface area contributed by atoms with E-state index in [1.807, 2.05) is 50.5 Å². The largest absolute Gasteiger partial charge is 0.416 e. The summed E-state index contributed by atoms with van der Waals surface area (Å²) in [4.78, 5) is 26.9. The van der Waals surface area contributed by atoms with Crippen molar-refractivity contribution in [1.82, 2.24) is 9.88 Å². The third-order valence-electron chi connectivity index (χ3n) is 6.05. The highest BCUT2D eigenvalue weighted by Crippen LogP contribution is 2.33. The van der Waals surface area contributed by atoms with Gasteiger partial charge >= 0.3 is 6.18 Å². The predicted molar refractivity (Wildman–Crippen MR) is 132 cm³/mol. The lowest BCUT2D eigenvalue weighted by Gasteiger charge is -2.29. The number of benzene rings is 2. The Morgan fingerprint density at radius 3 is 2.29 bits per heavy atom. The van der Waals surface area contributed by atoms with Gasteiger partial charge in [0.15, 0.2) is 5.11 Å². The minimum absolute atomic E-state index is 0.0821. The summed E-state index contributed by atoms with van der Waals surface area (Å²) in [5.41, 5.74) is 4.33. The Hall–Kier alpha value is -3.72. The van der Waals surface area contributed by atoms with Crippen LogP contribution in [0, 0.1) is 27.7 Å². The van der Waals surface area contributed by atoms with Crippen molar-refractivity contribution in [2.75, 3.05) is 4.90 Å². The number of nitrogens with zero attached hydrogens (tertiary/aromatic N) is 2. The zero-order valence-corrected chi connectivity index (χ0v) is 20.3. The zero-order chi connectivity index (χ0) is 25.7. The summed E-state index contributed by atoms with van der Waals surface area (Å²) in [5, 5.41) is 2.13. The molecule has 1 N–H and O–H groups in total. The molecule has 0 unspecified atom stereocenters. The highest BCUT2D eigenvalue weighted by Gasteiger charge is 2.36. The van der Waals surface area contributed by atoms with E-state index in [1.54, 1.807) is 0 Å². The lowest BCUT2D eigenvalue weighted by molar-refractivity contribution is -0.137. The molecule has 0 bridgehead atoms. The summed E-state index contributed by atoms with van der Waals surface area (Å²) in [6.07, 6.45) is -3.15. The highest BCUT2D eigenvalue weighted by atomic mass is 32.1. The molecule has 1 aliphatic rings. The van der Waals surface area contributed by atoms with Crippen LogP contribution in [-0.2, 0) is 15.8 Å². The number of amides is 2. The summed E-state index contributed by atoms with van der Waals surface area (Å²) < 4.78 is 41.6. The molecule has 4 rings (SSSR count). The van der Waals surface area contributed by atoms with Crippen molar-refractivity contribution in [1.29, 1.82) is 0 Å². The average molecular weight is 498 g/mol. The van der Waals surface area contributed by atoms with Crippen LogP contribution in [0.25, 0.3) is 11.8 Å². The first kappa shape index (κ1) is 24.4. The Morgan fingerprint density at radius 2 is 1.63 bits per heavy atom. The molecule has 2 heterocycles. The Balaban J connectivity index is 1.76. The lowest BCUT2D eigenvalue weighted by Crippen LogP contribution is -2.54. The first-order valence-corrected chi connectivity index (χ1v) is 11.1. The van der Waals surface area contributed by atoms with Crippen LogP contribution in [0.5, 0.6) is 0 Å². The quantitative estimate of drug-likeness (QED) is 0.293. The van der Waals surface area contributed by atoms with Crippen LogP contribution in [0.1, 0.15) is 33.6 Å². The maximum absolute atomic E-state index is 13.3. The Bertz CT molecular complexity index is 1420. The normalized spacial score (nSPS) is 15.7. The van der Waals surface area contributed by atoms with Gasteiger partial charge in [-0.3, -0.25) is 19.8 Å². The van der Waals surface area contributed by atoms with Crippen LogP contribution < -0.4 is 10.2 Å². The smallest absolute Gasteiger partial charge is 0.318 e. The van der Waals surface area contributed by atoms with Gasteiger partial charge in [0.05, 0.1) is 11.3 Å². The number of carbonyl (C=O) groups is 2. The Labute approximate surface area is 205 Å². The fourth-order valence-corrected chi connectivity index (χ4v) is 4.35. The van der Waals surface area contributed by atoms with Crippen molar-refractivity contribution >= 4 is 40.9 Å². The molecule has 9 heteroatoms. The van der Waals surface area contributed by atoms with Gasteiger partial charge in [-0.1, -0.05) is 12.1 Å². The van der Waals surface area contributed by atoms with Gasteiger partial charge in [-0.15, -0.1) is 0 Å². The number of anilines is 1. The maximum atomic E-state index is 13.3. The van der Waals surface area contributed by atoms with Crippen LogP contribution in [0.4, 0.5) is 18.9 Å². The fourth-order valence-electron chi connectivity index (χ4n) is 4.06. The molecule has 35 heavy (non-hydrogen) atoms. The monoisotopic (exact) mass is 497 g/mol. The van der Waals surface area contributed by atoms with E-state index in [1.165, 1.54) is 18.2 Å². The van der Waals surface area contributed by atoms with Crippen LogP contribution in [0.2, 0.25) is 0 Å². The van der Waals surface area contributed by atoms with E-state index in [9.17, 15) is 22.8 Å². The van der Waals surface area contributed by atoms with Gasteiger partial charge in [0.2, 0.25) is 0 Å². The molecule has 0 atom stereocenters. The number of aromatic nitrogens is 1. The number of halogens is 3. The van der Waals surface area contributed by atoms with Crippen molar-refractivity contribution in [3.8, 4) is 5.69 Å². The number of rotatable bonds is 3. The molecule has 2 aromatic carbocycles. The van der Waals surface area contributed by atoms with Crippen molar-refractivity contribution in [2.45, 2.75) is 33.9 Å². The number of thiocarbonyl (C=S) groups is 1. The van der Waals surface area contributed by atoms with Crippen LogP contribution in [0.3, 0.4) is 0 Å². The van der Waals surface area contributed by atoms with Crippen LogP contribution in [-0.4, -0.2) is 21.5 Å². The van der Waals surface area contributed by atoms with Gasteiger partial charge in [0, 0.05) is 17.1 Å². The second-order valence-corrected chi connectivity index (χ2v) is 8.82. The molecule has 0 spiro atoms. The standard InChI is InChI=1S/C26H22F3N3O2S/c1-14-8-9-21(10-15(14)2)31-16(3)11-18(17(31)4)12-22-23(33)30-25(35)32(24(22)34)20-7-5-6-19(13-20)26(27,28)29/h5-13H,1-4H3,(H,30,33,35)/b22-12+. The molecule has 1 aromatic heterocycles. The Kier molecular flexibility index (Phi) is 6.14. The zero-order valence-electron chi connectivity index (χ0n) is 19.4. The number of nitrogens with one attached hydrogen (secondary N) is 1. The summed E-state index contributed by atoms with van der Waals surface area (Å²) >= 11 is 5.12. The van der Waals surface area contributed by atoms with Crippen LogP contribution in [0.15, 0.2) is 54.1 Å². The van der Waals surface area contributed by atoms with E-state index >= 15 is 0 Å². The predicted octanol–water partition coefficient (Wildman–Crippen LogP) is 5.56. The molecule has 5 nitrogen and oxygen atoms in total. The van der Waals surface area contributed by atoms with E-state index in [0.29, 0.717) is 5.56 Å². The topological polar surface area (TPSA) is 54.3 Å². The number of hydrogen-bond acceptors (Lipinski definition) is 3. The Morgan fingerprint density at radius 1 is 0.914 bits per heavy atom. The minimum atomic E-state index is -4.59. The molecular formula is C26H22F3N3O2S. The van der Waals surface area contributed by atoms with E-state index in [-0.39, 0.29) is 16.4 Å². The average Bonchev–Trinajstić information content (AvgIpc) is 3.05. The molecule has 180 valence electrons. The SMILES string of the molecule is Cc1ccc(-n2c(C)cc(/C=C3\C(=O)NC(=S)N(c4cccc(C(F)(F)F)c4)C3=O)c2C)cc1C. The summed E-state index contributed by atoms with van der Waals surface area (Å²) in [7, 11) is 0. The highest BCUT2D eigenvalue weighted by molar-refractivity contribution is 7.80. The summed E-state index contributed by atoms with van der Waals surface area (Å²) in [6, 6.07) is 12.2. The van der Waals surface area contributed by atoms with Gasteiger partial charge in [-0.05, 0) is 99.1 Å². The van der Waals surface area contributed by atoms with E-state index < -0.39 is 23.6 Å².